The first-order valence-electron chi connectivity index (χ1n) is 7.69. The molecule has 1 aliphatic rings. The largest absolute Gasteiger partial charge is 0.295 e. The predicted molar refractivity (Wildman–Crippen MR) is 89.9 cm³/mol. The van der Waals surface area contributed by atoms with Gasteiger partial charge in [0.05, 0.1) is 0 Å². The minimum absolute atomic E-state index is 0.166. The summed E-state index contributed by atoms with van der Waals surface area (Å²) in [5, 5.41) is 0. The van der Waals surface area contributed by atoms with Crippen molar-refractivity contribution in [2.45, 2.75) is 13.0 Å². The van der Waals surface area contributed by atoms with E-state index in [1.807, 2.05) is 24.3 Å². The van der Waals surface area contributed by atoms with Crippen molar-refractivity contribution in [1.29, 1.82) is 0 Å². The van der Waals surface area contributed by atoms with Crippen molar-refractivity contribution < 1.29 is 4.39 Å². The predicted octanol–water partition coefficient (Wildman–Crippen LogP) is 4.67. The highest BCUT2D eigenvalue weighted by atomic mass is 19.1. The highest BCUT2D eigenvalue weighted by Gasteiger charge is 2.10. The lowest BCUT2D eigenvalue weighted by molar-refractivity contribution is 0.287. The maximum absolute atomic E-state index is 13.6. The van der Waals surface area contributed by atoms with Crippen LogP contribution in [0.5, 0.6) is 0 Å². The molecule has 22 heavy (non-hydrogen) atoms. The summed E-state index contributed by atoms with van der Waals surface area (Å²) in [6, 6.07) is 17.4. The Labute approximate surface area is 131 Å². The molecule has 0 aromatic heterocycles. The molecule has 0 aliphatic carbocycles. The van der Waals surface area contributed by atoms with E-state index in [1.165, 1.54) is 17.2 Å². The summed E-state index contributed by atoms with van der Waals surface area (Å²) in [4.78, 5) is 2.43. The Morgan fingerprint density at radius 3 is 2.45 bits per heavy atom. The van der Waals surface area contributed by atoms with Gasteiger partial charge in [0.15, 0.2) is 0 Å². The quantitative estimate of drug-likeness (QED) is 0.791. The zero-order valence-electron chi connectivity index (χ0n) is 12.6. The standard InChI is InChI=1S/C20H20FN/c21-20-9-5-4-8-19(20)11-10-17-12-14-22(15-13-17)16-18-6-2-1-3-7-18/h1-12H,13-16H2. The summed E-state index contributed by atoms with van der Waals surface area (Å²) in [6.07, 6.45) is 7.16. The molecule has 0 amide bonds. The molecule has 3 rings (SSSR count). The molecule has 0 radical (unpaired) electrons. The number of nitrogens with zero attached hydrogens (tertiary/aromatic N) is 1. The third-order valence-electron chi connectivity index (χ3n) is 3.96. The highest BCUT2D eigenvalue weighted by molar-refractivity contribution is 5.53. The van der Waals surface area contributed by atoms with Gasteiger partial charge in [0.2, 0.25) is 0 Å². The summed E-state index contributed by atoms with van der Waals surface area (Å²) in [5.41, 5.74) is 3.28. The van der Waals surface area contributed by atoms with Crippen molar-refractivity contribution in [3.8, 4) is 0 Å². The van der Waals surface area contributed by atoms with E-state index < -0.39 is 0 Å². The van der Waals surface area contributed by atoms with Crippen LogP contribution in [0.4, 0.5) is 4.39 Å². The van der Waals surface area contributed by atoms with Gasteiger partial charge in [-0.3, -0.25) is 4.90 Å². The van der Waals surface area contributed by atoms with E-state index in [1.54, 1.807) is 12.1 Å². The van der Waals surface area contributed by atoms with Gasteiger partial charge >= 0.3 is 0 Å². The fourth-order valence-electron chi connectivity index (χ4n) is 2.67. The first-order valence-corrected chi connectivity index (χ1v) is 7.69. The first kappa shape index (κ1) is 14.7. The summed E-state index contributed by atoms with van der Waals surface area (Å²) >= 11 is 0. The molecule has 0 fully saturated rings. The molecular weight excluding hydrogens is 273 g/mol. The summed E-state index contributed by atoms with van der Waals surface area (Å²) in [6.45, 7) is 2.98. The van der Waals surface area contributed by atoms with Crippen molar-refractivity contribution in [3.63, 3.8) is 0 Å². The van der Waals surface area contributed by atoms with E-state index in [9.17, 15) is 4.39 Å². The van der Waals surface area contributed by atoms with Crippen molar-refractivity contribution in [1.82, 2.24) is 4.90 Å². The normalized spacial score (nSPS) is 16.0. The first-order chi connectivity index (χ1) is 10.8. The number of halogens is 1. The molecule has 1 aliphatic heterocycles. The molecule has 2 heteroatoms. The van der Waals surface area contributed by atoms with E-state index in [4.69, 9.17) is 0 Å². The Kier molecular flexibility index (Phi) is 4.81. The van der Waals surface area contributed by atoms with Gasteiger partial charge in [-0.15, -0.1) is 0 Å². The minimum Gasteiger partial charge on any atom is -0.295 e. The maximum atomic E-state index is 13.6. The summed E-state index contributed by atoms with van der Waals surface area (Å²) in [5.74, 6) is -0.166. The second kappa shape index (κ2) is 7.19. The molecule has 0 atom stereocenters. The fraction of sp³-hybridized carbons (Fsp3) is 0.200. The molecule has 0 saturated heterocycles. The van der Waals surface area contributed by atoms with Crippen molar-refractivity contribution >= 4 is 6.08 Å². The maximum Gasteiger partial charge on any atom is 0.130 e. The number of hydrogen-bond acceptors (Lipinski definition) is 1. The van der Waals surface area contributed by atoms with Crippen LogP contribution in [-0.4, -0.2) is 18.0 Å². The zero-order valence-corrected chi connectivity index (χ0v) is 12.6. The SMILES string of the molecule is Fc1ccccc1C=CC1=CCN(Cc2ccccc2)CC1. The Bertz CT molecular complexity index is 673. The van der Waals surface area contributed by atoms with Gasteiger partial charge in [-0.05, 0) is 23.6 Å². The van der Waals surface area contributed by atoms with Crippen LogP contribution in [0.15, 0.2) is 72.3 Å². The molecule has 0 spiro atoms. The Balaban J connectivity index is 1.58. The monoisotopic (exact) mass is 293 g/mol. The number of hydrogen-bond donors (Lipinski definition) is 0. The number of allylic oxidation sites excluding steroid dienone is 1. The molecule has 1 heterocycles. The van der Waals surface area contributed by atoms with Crippen LogP contribution < -0.4 is 0 Å². The lowest BCUT2D eigenvalue weighted by atomic mass is 10.1. The lowest BCUT2D eigenvalue weighted by Gasteiger charge is -2.25. The van der Waals surface area contributed by atoms with Crippen LogP contribution in [0.3, 0.4) is 0 Å². The van der Waals surface area contributed by atoms with Crippen molar-refractivity contribution in [2.24, 2.45) is 0 Å². The molecule has 1 nitrogen and oxygen atoms in total. The third kappa shape index (κ3) is 3.92. The van der Waals surface area contributed by atoms with E-state index >= 15 is 0 Å². The fourth-order valence-corrected chi connectivity index (χ4v) is 2.67. The lowest BCUT2D eigenvalue weighted by Crippen LogP contribution is -2.27. The minimum atomic E-state index is -0.166. The van der Waals surface area contributed by atoms with Crippen molar-refractivity contribution in [3.05, 3.63) is 89.3 Å². The average Bonchev–Trinajstić information content (AvgIpc) is 2.56. The van der Waals surface area contributed by atoms with Gasteiger partial charge in [-0.2, -0.15) is 0 Å². The molecule has 2 aromatic carbocycles. The molecule has 2 aromatic rings. The molecule has 0 N–H and O–H groups in total. The second-order valence-electron chi connectivity index (χ2n) is 5.60. The molecule has 0 saturated carbocycles. The van der Waals surface area contributed by atoms with Gasteiger partial charge in [0.25, 0.3) is 0 Å². The summed E-state index contributed by atoms with van der Waals surface area (Å²) < 4.78 is 13.6. The zero-order chi connectivity index (χ0) is 15.2. The van der Waals surface area contributed by atoms with Crippen LogP contribution in [0, 0.1) is 5.82 Å². The topological polar surface area (TPSA) is 3.24 Å². The van der Waals surface area contributed by atoms with Gasteiger partial charge in [-0.25, -0.2) is 4.39 Å². The van der Waals surface area contributed by atoms with Crippen LogP contribution in [0.25, 0.3) is 6.08 Å². The Morgan fingerprint density at radius 2 is 1.73 bits per heavy atom. The highest BCUT2D eigenvalue weighted by Crippen LogP contribution is 2.17. The Morgan fingerprint density at radius 1 is 0.955 bits per heavy atom. The smallest absolute Gasteiger partial charge is 0.130 e. The summed E-state index contributed by atoms with van der Waals surface area (Å²) in [7, 11) is 0. The molecule has 112 valence electrons. The Hall–Kier alpha value is -2.19. The van der Waals surface area contributed by atoms with Crippen LogP contribution in [0.1, 0.15) is 17.5 Å². The van der Waals surface area contributed by atoms with Gasteiger partial charge in [0, 0.05) is 25.2 Å². The van der Waals surface area contributed by atoms with Crippen LogP contribution >= 0.6 is 0 Å². The number of benzene rings is 2. The van der Waals surface area contributed by atoms with Gasteiger partial charge < -0.3 is 0 Å². The molecule has 0 bridgehead atoms. The van der Waals surface area contributed by atoms with Gasteiger partial charge in [0.1, 0.15) is 5.82 Å². The van der Waals surface area contributed by atoms with Crippen LogP contribution in [0.2, 0.25) is 0 Å². The van der Waals surface area contributed by atoms with E-state index in [0.717, 1.165) is 26.1 Å². The van der Waals surface area contributed by atoms with Crippen molar-refractivity contribution in [2.75, 3.05) is 13.1 Å². The van der Waals surface area contributed by atoms with Crippen LogP contribution in [-0.2, 0) is 6.54 Å². The van der Waals surface area contributed by atoms with E-state index in [2.05, 4.69) is 35.2 Å². The average molecular weight is 293 g/mol. The second-order valence-corrected chi connectivity index (χ2v) is 5.60. The van der Waals surface area contributed by atoms with E-state index in [0.29, 0.717) is 5.56 Å². The molecular formula is C20H20FN. The third-order valence-corrected chi connectivity index (χ3v) is 3.96. The molecule has 0 unspecified atom stereocenters. The van der Waals surface area contributed by atoms with Gasteiger partial charge in [-0.1, -0.05) is 66.8 Å². The van der Waals surface area contributed by atoms with E-state index in [-0.39, 0.29) is 5.82 Å². The number of rotatable bonds is 4.